The molecule has 2 aliphatic rings. The van der Waals surface area contributed by atoms with Gasteiger partial charge in [-0.15, -0.1) is 0 Å². The van der Waals surface area contributed by atoms with Crippen LogP contribution in [0.5, 0.6) is 0 Å². The second-order valence-corrected chi connectivity index (χ2v) is 9.49. The number of anilines is 1. The average molecular weight is 431 g/mol. The lowest BCUT2D eigenvalue weighted by molar-refractivity contribution is -0.133. The predicted octanol–water partition coefficient (Wildman–Crippen LogP) is 2.86. The van der Waals surface area contributed by atoms with Gasteiger partial charge in [0, 0.05) is 30.7 Å². The van der Waals surface area contributed by atoms with Crippen molar-refractivity contribution >= 4 is 23.6 Å². The number of carbonyl (C=O) groups excluding carboxylic acids is 2. The molecule has 0 spiro atoms. The minimum atomic E-state index is -0.867. The van der Waals surface area contributed by atoms with Gasteiger partial charge in [0.25, 0.3) is 0 Å². The number of rotatable bonds is 6. The standard InChI is InChI=1S/C23H34N4O4/c1-23(2,3)27(22(30)31)15-14-26-12-10-17(11-13-26)16-4-6-18(7-5-16)24-19-8-9-20(28)25-21(19)29/h4-7,17,19,24H,8-15H2,1-3H3,(H,30,31)(H,25,28,29). The Morgan fingerprint density at radius 1 is 1.16 bits per heavy atom. The van der Waals surface area contributed by atoms with Gasteiger partial charge in [-0.3, -0.25) is 14.9 Å². The van der Waals surface area contributed by atoms with Crippen LogP contribution in [0.15, 0.2) is 24.3 Å². The van der Waals surface area contributed by atoms with E-state index in [1.165, 1.54) is 10.5 Å². The Balaban J connectivity index is 1.47. The summed E-state index contributed by atoms with van der Waals surface area (Å²) in [6, 6.07) is 7.85. The molecule has 1 unspecified atom stereocenters. The number of amides is 3. The molecule has 31 heavy (non-hydrogen) atoms. The Hall–Kier alpha value is -2.61. The molecule has 3 amide bonds. The molecule has 0 radical (unpaired) electrons. The van der Waals surface area contributed by atoms with Gasteiger partial charge in [-0.25, -0.2) is 4.79 Å². The van der Waals surface area contributed by atoms with E-state index in [1.807, 2.05) is 32.9 Å². The molecule has 0 aliphatic carbocycles. The van der Waals surface area contributed by atoms with Crippen molar-refractivity contribution in [3.05, 3.63) is 29.8 Å². The van der Waals surface area contributed by atoms with Gasteiger partial charge < -0.3 is 20.2 Å². The van der Waals surface area contributed by atoms with E-state index >= 15 is 0 Å². The van der Waals surface area contributed by atoms with E-state index in [4.69, 9.17) is 0 Å². The fraction of sp³-hybridized carbons (Fsp3) is 0.609. The van der Waals surface area contributed by atoms with E-state index in [-0.39, 0.29) is 17.9 Å². The number of carbonyl (C=O) groups is 3. The molecule has 0 aromatic heterocycles. The first-order valence-electron chi connectivity index (χ1n) is 11.1. The number of benzene rings is 1. The largest absolute Gasteiger partial charge is 0.465 e. The van der Waals surface area contributed by atoms with Gasteiger partial charge in [-0.1, -0.05) is 12.1 Å². The van der Waals surface area contributed by atoms with Crippen molar-refractivity contribution in [1.82, 2.24) is 15.1 Å². The molecule has 1 atom stereocenters. The Morgan fingerprint density at radius 2 is 1.81 bits per heavy atom. The molecule has 2 heterocycles. The maximum absolute atomic E-state index is 11.9. The molecule has 3 rings (SSSR count). The van der Waals surface area contributed by atoms with Crippen LogP contribution in [0, 0.1) is 0 Å². The highest BCUT2D eigenvalue weighted by Crippen LogP contribution is 2.29. The first kappa shape index (κ1) is 23.1. The van der Waals surface area contributed by atoms with Crippen molar-refractivity contribution in [2.24, 2.45) is 0 Å². The van der Waals surface area contributed by atoms with Crippen LogP contribution in [0.3, 0.4) is 0 Å². The van der Waals surface area contributed by atoms with Crippen molar-refractivity contribution < 1.29 is 19.5 Å². The van der Waals surface area contributed by atoms with Crippen molar-refractivity contribution in [3.8, 4) is 0 Å². The summed E-state index contributed by atoms with van der Waals surface area (Å²) in [7, 11) is 0. The van der Waals surface area contributed by atoms with Gasteiger partial charge in [0.1, 0.15) is 6.04 Å². The van der Waals surface area contributed by atoms with Crippen LogP contribution >= 0.6 is 0 Å². The molecule has 2 saturated heterocycles. The lowest BCUT2D eigenvalue weighted by Gasteiger charge is -2.37. The van der Waals surface area contributed by atoms with E-state index in [2.05, 4.69) is 27.7 Å². The predicted molar refractivity (Wildman–Crippen MR) is 119 cm³/mol. The summed E-state index contributed by atoms with van der Waals surface area (Å²) >= 11 is 0. The lowest BCUT2D eigenvalue weighted by atomic mass is 9.89. The number of piperidine rings is 2. The van der Waals surface area contributed by atoms with Gasteiger partial charge in [-0.05, 0) is 76.7 Å². The van der Waals surface area contributed by atoms with Crippen LogP contribution in [0.4, 0.5) is 10.5 Å². The van der Waals surface area contributed by atoms with E-state index in [0.29, 0.717) is 25.3 Å². The molecule has 1 aromatic carbocycles. The second kappa shape index (κ2) is 9.68. The van der Waals surface area contributed by atoms with Crippen LogP contribution < -0.4 is 10.6 Å². The molecule has 2 aliphatic heterocycles. The minimum Gasteiger partial charge on any atom is -0.465 e. The van der Waals surface area contributed by atoms with Crippen molar-refractivity contribution in [3.63, 3.8) is 0 Å². The molecule has 3 N–H and O–H groups in total. The van der Waals surface area contributed by atoms with E-state index in [0.717, 1.165) is 38.2 Å². The van der Waals surface area contributed by atoms with Crippen LogP contribution in [-0.2, 0) is 9.59 Å². The molecule has 8 heteroatoms. The van der Waals surface area contributed by atoms with Crippen LogP contribution in [0.2, 0.25) is 0 Å². The van der Waals surface area contributed by atoms with Gasteiger partial charge in [0.15, 0.2) is 0 Å². The van der Waals surface area contributed by atoms with Gasteiger partial charge in [-0.2, -0.15) is 0 Å². The SMILES string of the molecule is CC(C)(C)N(CCN1CCC(c2ccc(NC3CCC(=O)NC3=O)cc2)CC1)C(=O)O. The summed E-state index contributed by atoms with van der Waals surface area (Å²) in [5.74, 6) is 0.0125. The fourth-order valence-electron chi connectivity index (χ4n) is 4.33. The summed E-state index contributed by atoms with van der Waals surface area (Å²) in [5.41, 5.74) is 1.77. The Morgan fingerprint density at radius 3 is 2.35 bits per heavy atom. The number of imide groups is 1. The topological polar surface area (TPSA) is 102 Å². The Labute approximate surface area is 184 Å². The average Bonchev–Trinajstić information content (AvgIpc) is 2.70. The molecule has 1 aromatic rings. The van der Waals surface area contributed by atoms with Crippen molar-refractivity contribution in [2.45, 2.75) is 64.0 Å². The van der Waals surface area contributed by atoms with E-state index in [9.17, 15) is 19.5 Å². The highest BCUT2D eigenvalue weighted by molar-refractivity contribution is 6.01. The van der Waals surface area contributed by atoms with Crippen molar-refractivity contribution in [2.75, 3.05) is 31.5 Å². The van der Waals surface area contributed by atoms with Crippen LogP contribution in [0.25, 0.3) is 0 Å². The maximum Gasteiger partial charge on any atom is 0.407 e. The Kier molecular flexibility index (Phi) is 7.20. The summed E-state index contributed by atoms with van der Waals surface area (Å²) in [6.45, 7) is 8.95. The molecule has 170 valence electrons. The third-order valence-electron chi connectivity index (χ3n) is 6.23. The summed E-state index contributed by atoms with van der Waals surface area (Å²) < 4.78 is 0. The maximum atomic E-state index is 11.9. The zero-order chi connectivity index (χ0) is 22.6. The quantitative estimate of drug-likeness (QED) is 0.600. The zero-order valence-electron chi connectivity index (χ0n) is 18.7. The fourth-order valence-corrected chi connectivity index (χ4v) is 4.33. The number of hydrogen-bond acceptors (Lipinski definition) is 5. The molecular weight excluding hydrogens is 396 g/mol. The monoisotopic (exact) mass is 430 g/mol. The summed E-state index contributed by atoms with van der Waals surface area (Å²) in [6.07, 6.45) is 2.10. The van der Waals surface area contributed by atoms with Gasteiger partial charge in [0.2, 0.25) is 11.8 Å². The first-order valence-corrected chi connectivity index (χ1v) is 11.1. The number of carboxylic acid groups (broad SMARTS) is 1. The highest BCUT2D eigenvalue weighted by Gasteiger charge is 2.28. The molecule has 2 fully saturated rings. The molecule has 0 saturated carbocycles. The third-order valence-corrected chi connectivity index (χ3v) is 6.23. The first-order chi connectivity index (χ1) is 14.6. The summed E-state index contributed by atoms with van der Waals surface area (Å²) in [4.78, 5) is 38.5. The highest BCUT2D eigenvalue weighted by atomic mass is 16.4. The Bertz CT molecular complexity index is 795. The summed E-state index contributed by atoms with van der Waals surface area (Å²) in [5, 5.41) is 15.0. The number of likely N-dealkylation sites (tertiary alicyclic amines) is 1. The normalized spacial score (nSPS) is 20.9. The smallest absolute Gasteiger partial charge is 0.407 e. The van der Waals surface area contributed by atoms with Crippen LogP contribution in [0.1, 0.15) is 57.9 Å². The lowest BCUT2D eigenvalue weighted by Crippen LogP contribution is -2.49. The van der Waals surface area contributed by atoms with Gasteiger partial charge >= 0.3 is 6.09 Å². The number of hydrogen-bond donors (Lipinski definition) is 3. The minimum absolute atomic E-state index is 0.209. The van der Waals surface area contributed by atoms with Gasteiger partial charge in [0.05, 0.1) is 0 Å². The van der Waals surface area contributed by atoms with E-state index in [1.54, 1.807) is 0 Å². The number of nitrogens with one attached hydrogen (secondary N) is 2. The second-order valence-electron chi connectivity index (χ2n) is 9.49. The number of nitrogens with zero attached hydrogens (tertiary/aromatic N) is 2. The molecular formula is C23H34N4O4. The van der Waals surface area contributed by atoms with Crippen LogP contribution in [-0.4, -0.2) is 70.6 Å². The molecule has 8 nitrogen and oxygen atoms in total. The van der Waals surface area contributed by atoms with Crippen molar-refractivity contribution in [1.29, 1.82) is 0 Å². The van der Waals surface area contributed by atoms with E-state index < -0.39 is 11.6 Å². The molecule has 0 bridgehead atoms. The third kappa shape index (κ3) is 6.19. The zero-order valence-corrected chi connectivity index (χ0v) is 18.7.